The number of fused-ring (bicyclic) bond motifs is 1. The number of carbonyl (C=O) groups excluding carboxylic acids is 1. The van der Waals surface area contributed by atoms with E-state index in [0.717, 1.165) is 16.3 Å². The third kappa shape index (κ3) is 3.90. The van der Waals surface area contributed by atoms with E-state index in [1.807, 2.05) is 6.07 Å². The van der Waals surface area contributed by atoms with Crippen LogP contribution in [-0.2, 0) is 13.1 Å². The molecule has 1 amide bonds. The van der Waals surface area contributed by atoms with Crippen LogP contribution in [0.1, 0.15) is 21.5 Å². The SMILES string of the molecule is COc1cccc(CNC(=O)c2c[nH]c(=O)n(Cc3ccc4c(c3)OCO4)c2=O)c1. The van der Waals surface area contributed by atoms with E-state index in [-0.39, 0.29) is 25.4 Å². The number of ether oxygens (including phenoxy) is 3. The second kappa shape index (κ2) is 8.16. The fourth-order valence-corrected chi connectivity index (χ4v) is 3.10. The Balaban J connectivity index is 1.54. The molecule has 0 bridgehead atoms. The number of hydrogen-bond donors (Lipinski definition) is 2. The number of methoxy groups -OCH3 is 1. The molecule has 154 valence electrons. The summed E-state index contributed by atoms with van der Waals surface area (Å²) in [6.45, 7) is 0.320. The number of hydrogen-bond acceptors (Lipinski definition) is 6. The van der Waals surface area contributed by atoms with Gasteiger partial charge in [-0.1, -0.05) is 18.2 Å². The van der Waals surface area contributed by atoms with Gasteiger partial charge in [0.05, 0.1) is 13.7 Å². The van der Waals surface area contributed by atoms with Crippen LogP contribution >= 0.6 is 0 Å². The second-order valence-corrected chi connectivity index (χ2v) is 6.62. The number of carbonyl (C=O) groups is 1. The topological polar surface area (TPSA) is 112 Å². The molecule has 0 spiro atoms. The van der Waals surface area contributed by atoms with Crippen LogP contribution in [0.15, 0.2) is 58.3 Å². The Morgan fingerprint density at radius 2 is 1.97 bits per heavy atom. The van der Waals surface area contributed by atoms with Gasteiger partial charge in [-0.25, -0.2) is 4.79 Å². The first-order valence-corrected chi connectivity index (χ1v) is 9.17. The average Bonchev–Trinajstić information content (AvgIpc) is 3.23. The van der Waals surface area contributed by atoms with Crippen LogP contribution in [0.4, 0.5) is 0 Å². The Morgan fingerprint density at radius 1 is 1.13 bits per heavy atom. The first-order chi connectivity index (χ1) is 14.5. The van der Waals surface area contributed by atoms with E-state index in [1.165, 1.54) is 0 Å². The Bertz CT molecular complexity index is 1210. The molecular formula is C21H19N3O6. The zero-order valence-corrected chi connectivity index (χ0v) is 16.1. The van der Waals surface area contributed by atoms with E-state index in [2.05, 4.69) is 10.3 Å². The van der Waals surface area contributed by atoms with Crippen LogP contribution in [0, 0.1) is 0 Å². The van der Waals surface area contributed by atoms with Crippen LogP contribution in [0.3, 0.4) is 0 Å². The van der Waals surface area contributed by atoms with Gasteiger partial charge in [0.25, 0.3) is 11.5 Å². The maximum Gasteiger partial charge on any atom is 0.328 e. The number of amides is 1. The standard InChI is InChI=1S/C21H19N3O6/c1-28-15-4-2-3-13(7-15)9-22-19(25)16-10-23-21(27)24(20(16)26)11-14-5-6-17-18(8-14)30-12-29-17/h2-8,10H,9,11-12H2,1H3,(H,22,25)(H,23,27). The number of nitrogens with one attached hydrogen (secondary N) is 2. The molecule has 2 aromatic carbocycles. The lowest BCUT2D eigenvalue weighted by Crippen LogP contribution is -2.40. The summed E-state index contributed by atoms with van der Waals surface area (Å²) in [5, 5.41) is 2.69. The summed E-state index contributed by atoms with van der Waals surface area (Å²) in [4.78, 5) is 40.0. The molecule has 9 heteroatoms. The zero-order chi connectivity index (χ0) is 21.1. The van der Waals surface area contributed by atoms with E-state index in [1.54, 1.807) is 43.5 Å². The van der Waals surface area contributed by atoms with Gasteiger partial charge in [0.1, 0.15) is 11.3 Å². The Morgan fingerprint density at radius 3 is 2.80 bits per heavy atom. The van der Waals surface area contributed by atoms with Gasteiger partial charge in [0.15, 0.2) is 11.5 Å². The largest absolute Gasteiger partial charge is 0.497 e. The number of aromatic amines is 1. The molecule has 2 N–H and O–H groups in total. The van der Waals surface area contributed by atoms with Gasteiger partial charge < -0.3 is 24.5 Å². The maximum absolute atomic E-state index is 12.8. The summed E-state index contributed by atoms with van der Waals surface area (Å²) >= 11 is 0. The first kappa shape index (κ1) is 19.3. The van der Waals surface area contributed by atoms with Crippen LogP contribution in [0.25, 0.3) is 0 Å². The minimum atomic E-state index is -0.681. The van der Waals surface area contributed by atoms with Gasteiger partial charge in [-0.3, -0.25) is 14.2 Å². The summed E-state index contributed by atoms with van der Waals surface area (Å²) in [5.41, 5.74) is 0.0356. The third-order valence-electron chi connectivity index (χ3n) is 4.67. The lowest BCUT2D eigenvalue weighted by Gasteiger charge is -2.09. The van der Waals surface area contributed by atoms with Crippen LogP contribution in [0.5, 0.6) is 17.2 Å². The molecule has 4 rings (SSSR count). The molecule has 0 unspecified atom stereocenters. The monoisotopic (exact) mass is 409 g/mol. The number of H-pyrrole nitrogens is 1. The van der Waals surface area contributed by atoms with Crippen LogP contribution < -0.4 is 30.8 Å². The molecule has 1 aliphatic rings. The van der Waals surface area contributed by atoms with Gasteiger partial charge in [-0.2, -0.15) is 0 Å². The first-order valence-electron chi connectivity index (χ1n) is 9.17. The van der Waals surface area contributed by atoms with Gasteiger partial charge in [0.2, 0.25) is 6.79 Å². The van der Waals surface area contributed by atoms with Crippen molar-refractivity contribution in [2.24, 2.45) is 0 Å². The lowest BCUT2D eigenvalue weighted by molar-refractivity contribution is 0.0948. The Kier molecular flexibility index (Phi) is 5.25. The smallest absolute Gasteiger partial charge is 0.328 e. The molecule has 30 heavy (non-hydrogen) atoms. The highest BCUT2D eigenvalue weighted by atomic mass is 16.7. The molecule has 3 aromatic rings. The molecular weight excluding hydrogens is 390 g/mol. The van der Waals surface area contributed by atoms with E-state index in [0.29, 0.717) is 22.8 Å². The van der Waals surface area contributed by atoms with Gasteiger partial charge in [-0.15, -0.1) is 0 Å². The van der Waals surface area contributed by atoms with Crippen molar-refractivity contribution in [3.63, 3.8) is 0 Å². The molecule has 0 radical (unpaired) electrons. The van der Waals surface area contributed by atoms with E-state index in [4.69, 9.17) is 14.2 Å². The molecule has 0 atom stereocenters. The molecule has 2 heterocycles. The van der Waals surface area contributed by atoms with Crippen molar-refractivity contribution in [3.05, 3.63) is 86.2 Å². The van der Waals surface area contributed by atoms with Gasteiger partial charge in [-0.05, 0) is 35.4 Å². The van der Waals surface area contributed by atoms with Crippen molar-refractivity contribution in [1.29, 1.82) is 0 Å². The molecule has 9 nitrogen and oxygen atoms in total. The fraction of sp³-hybridized carbons (Fsp3) is 0.190. The zero-order valence-electron chi connectivity index (χ0n) is 16.1. The summed E-state index contributed by atoms with van der Waals surface area (Å²) in [5.74, 6) is 1.23. The minimum Gasteiger partial charge on any atom is -0.497 e. The number of rotatable bonds is 6. The van der Waals surface area contributed by atoms with Crippen molar-refractivity contribution in [2.75, 3.05) is 13.9 Å². The van der Waals surface area contributed by atoms with Crippen LogP contribution in [-0.4, -0.2) is 29.4 Å². The highest BCUT2D eigenvalue weighted by Crippen LogP contribution is 2.32. The van der Waals surface area contributed by atoms with Crippen molar-refractivity contribution in [3.8, 4) is 17.2 Å². The Labute approximate surface area is 170 Å². The highest BCUT2D eigenvalue weighted by Gasteiger charge is 2.17. The summed E-state index contributed by atoms with van der Waals surface area (Å²) < 4.78 is 16.7. The third-order valence-corrected chi connectivity index (χ3v) is 4.67. The minimum absolute atomic E-state index is 0.0121. The predicted molar refractivity (Wildman–Crippen MR) is 107 cm³/mol. The average molecular weight is 409 g/mol. The van der Waals surface area contributed by atoms with E-state index >= 15 is 0 Å². The molecule has 0 fully saturated rings. The van der Waals surface area contributed by atoms with E-state index < -0.39 is 17.2 Å². The van der Waals surface area contributed by atoms with Crippen LogP contribution in [0.2, 0.25) is 0 Å². The summed E-state index contributed by atoms with van der Waals surface area (Å²) in [6, 6.07) is 12.3. The molecule has 1 aromatic heterocycles. The predicted octanol–water partition coefficient (Wildman–Crippen LogP) is 1.25. The normalized spacial score (nSPS) is 11.9. The maximum atomic E-state index is 12.8. The second-order valence-electron chi connectivity index (χ2n) is 6.62. The van der Waals surface area contributed by atoms with Crippen molar-refractivity contribution < 1.29 is 19.0 Å². The molecule has 0 aliphatic carbocycles. The van der Waals surface area contributed by atoms with Crippen molar-refractivity contribution in [2.45, 2.75) is 13.1 Å². The summed E-state index contributed by atoms with van der Waals surface area (Å²) in [6.07, 6.45) is 1.13. The molecule has 0 saturated carbocycles. The quantitative estimate of drug-likeness (QED) is 0.634. The molecule has 0 saturated heterocycles. The van der Waals surface area contributed by atoms with Gasteiger partial charge >= 0.3 is 5.69 Å². The van der Waals surface area contributed by atoms with Crippen molar-refractivity contribution >= 4 is 5.91 Å². The lowest BCUT2D eigenvalue weighted by atomic mass is 10.2. The number of benzene rings is 2. The fourth-order valence-electron chi connectivity index (χ4n) is 3.10. The number of aromatic nitrogens is 2. The highest BCUT2D eigenvalue weighted by molar-refractivity contribution is 5.93. The Hall–Kier alpha value is -4.01. The van der Waals surface area contributed by atoms with E-state index in [9.17, 15) is 14.4 Å². The van der Waals surface area contributed by atoms with Crippen molar-refractivity contribution in [1.82, 2.24) is 14.9 Å². The number of nitrogens with zero attached hydrogens (tertiary/aromatic N) is 1. The molecule has 1 aliphatic heterocycles. The summed E-state index contributed by atoms with van der Waals surface area (Å²) in [7, 11) is 1.56. The van der Waals surface area contributed by atoms with Gasteiger partial charge in [0, 0.05) is 12.7 Å².